The van der Waals surface area contributed by atoms with Crippen LogP contribution in [0, 0.1) is 18.8 Å². The van der Waals surface area contributed by atoms with Crippen LogP contribution in [0.25, 0.3) is 0 Å². The Balaban J connectivity index is 1.96. The van der Waals surface area contributed by atoms with Crippen molar-refractivity contribution in [3.8, 4) is 0 Å². The molecule has 116 valence electrons. The van der Waals surface area contributed by atoms with Crippen LogP contribution in [0.15, 0.2) is 0 Å². The van der Waals surface area contributed by atoms with Gasteiger partial charge < -0.3 is 16.2 Å². The second-order valence-corrected chi connectivity index (χ2v) is 5.73. The monoisotopic (exact) mass is 294 g/mol. The first-order valence-corrected chi connectivity index (χ1v) is 7.20. The number of nitrogens with two attached hydrogens (primary N) is 1. The summed E-state index contributed by atoms with van der Waals surface area (Å²) in [6, 6.07) is 0. The summed E-state index contributed by atoms with van der Waals surface area (Å²) in [5, 5.41) is 16.4. The number of rotatable bonds is 5. The van der Waals surface area contributed by atoms with Crippen molar-refractivity contribution in [2.45, 2.75) is 32.6 Å². The van der Waals surface area contributed by atoms with Gasteiger partial charge in [0.1, 0.15) is 11.4 Å². The fourth-order valence-corrected chi connectivity index (χ4v) is 3.01. The summed E-state index contributed by atoms with van der Waals surface area (Å²) in [5.74, 6) is -0.337. The number of aromatic nitrogens is 2. The highest BCUT2D eigenvalue weighted by molar-refractivity contribution is 5.98. The van der Waals surface area contributed by atoms with E-state index in [9.17, 15) is 9.59 Å². The number of anilines is 1. The Morgan fingerprint density at radius 3 is 2.52 bits per heavy atom. The van der Waals surface area contributed by atoms with Crippen LogP contribution in [-0.2, 0) is 11.8 Å². The molecule has 7 nitrogen and oxygen atoms in total. The van der Waals surface area contributed by atoms with Crippen molar-refractivity contribution in [2.75, 3.05) is 11.9 Å². The number of carboxylic acid groups (broad SMARTS) is 1. The van der Waals surface area contributed by atoms with Crippen molar-refractivity contribution < 1.29 is 14.7 Å². The molecule has 1 fully saturated rings. The standard InChI is InChI=1S/C14H22N4O3/c1-8-11(12(15)19)13(18(2)17-8)16-7-9-3-5-10(6-4-9)14(20)21/h9-10,16H,3-7H2,1-2H3,(H2,15,19)(H,20,21). The first-order valence-electron chi connectivity index (χ1n) is 7.20. The van der Waals surface area contributed by atoms with E-state index in [1.165, 1.54) is 0 Å². The molecule has 0 radical (unpaired) electrons. The maximum Gasteiger partial charge on any atom is 0.306 e. The molecular weight excluding hydrogens is 272 g/mol. The molecule has 2 rings (SSSR count). The van der Waals surface area contributed by atoms with Crippen molar-refractivity contribution in [2.24, 2.45) is 24.6 Å². The van der Waals surface area contributed by atoms with Gasteiger partial charge >= 0.3 is 5.97 Å². The highest BCUT2D eigenvalue weighted by atomic mass is 16.4. The molecule has 4 N–H and O–H groups in total. The minimum absolute atomic E-state index is 0.207. The molecule has 1 aliphatic rings. The largest absolute Gasteiger partial charge is 0.481 e. The minimum atomic E-state index is -0.695. The van der Waals surface area contributed by atoms with Crippen molar-refractivity contribution in [1.82, 2.24) is 9.78 Å². The normalized spacial score (nSPS) is 22.0. The summed E-state index contributed by atoms with van der Waals surface area (Å²) in [5.41, 5.74) is 6.43. The van der Waals surface area contributed by atoms with E-state index in [-0.39, 0.29) is 5.92 Å². The van der Waals surface area contributed by atoms with Gasteiger partial charge in [-0.3, -0.25) is 14.3 Å². The van der Waals surface area contributed by atoms with Crippen LogP contribution in [0.3, 0.4) is 0 Å². The van der Waals surface area contributed by atoms with Crippen LogP contribution in [-0.4, -0.2) is 33.3 Å². The molecule has 0 saturated heterocycles. The fraction of sp³-hybridized carbons (Fsp3) is 0.643. The molecule has 0 aliphatic heterocycles. The van der Waals surface area contributed by atoms with Gasteiger partial charge in [0.2, 0.25) is 0 Å². The third-order valence-corrected chi connectivity index (χ3v) is 4.22. The van der Waals surface area contributed by atoms with Crippen LogP contribution in [0.4, 0.5) is 5.82 Å². The lowest BCUT2D eigenvalue weighted by Crippen LogP contribution is -2.26. The first-order chi connectivity index (χ1) is 9.90. The molecule has 21 heavy (non-hydrogen) atoms. The molecule has 1 amide bonds. The van der Waals surface area contributed by atoms with E-state index >= 15 is 0 Å². The topological polar surface area (TPSA) is 110 Å². The summed E-state index contributed by atoms with van der Waals surface area (Å²) >= 11 is 0. The summed E-state index contributed by atoms with van der Waals surface area (Å²) in [6.45, 7) is 2.45. The Morgan fingerprint density at radius 1 is 1.38 bits per heavy atom. The summed E-state index contributed by atoms with van der Waals surface area (Å²) in [6.07, 6.45) is 3.20. The van der Waals surface area contributed by atoms with Crippen LogP contribution in [0.1, 0.15) is 41.7 Å². The first kappa shape index (κ1) is 15.3. The quantitative estimate of drug-likeness (QED) is 0.754. The van der Waals surface area contributed by atoms with Gasteiger partial charge in [-0.25, -0.2) is 0 Å². The zero-order chi connectivity index (χ0) is 15.6. The smallest absolute Gasteiger partial charge is 0.306 e. The highest BCUT2D eigenvalue weighted by Crippen LogP contribution is 2.29. The van der Waals surface area contributed by atoms with Crippen LogP contribution in [0.5, 0.6) is 0 Å². The Bertz CT molecular complexity index is 545. The molecular formula is C14H22N4O3. The fourth-order valence-electron chi connectivity index (χ4n) is 3.01. The number of carbonyl (C=O) groups is 2. The maximum atomic E-state index is 11.5. The third-order valence-electron chi connectivity index (χ3n) is 4.22. The van der Waals surface area contributed by atoms with Crippen LogP contribution in [0.2, 0.25) is 0 Å². The van der Waals surface area contributed by atoms with Crippen LogP contribution >= 0.6 is 0 Å². The lowest BCUT2D eigenvalue weighted by Gasteiger charge is -2.26. The Kier molecular flexibility index (Phi) is 4.50. The van der Waals surface area contributed by atoms with Gasteiger partial charge in [0.15, 0.2) is 0 Å². The van der Waals surface area contributed by atoms with Crippen LogP contribution < -0.4 is 11.1 Å². The van der Waals surface area contributed by atoms with Gasteiger partial charge in [0.25, 0.3) is 5.91 Å². The predicted molar refractivity (Wildman–Crippen MR) is 78.0 cm³/mol. The molecule has 0 bridgehead atoms. The van der Waals surface area contributed by atoms with Gasteiger partial charge in [-0.1, -0.05) is 0 Å². The molecule has 0 spiro atoms. The van der Waals surface area contributed by atoms with Gasteiger partial charge in [-0.15, -0.1) is 0 Å². The van der Waals surface area contributed by atoms with Gasteiger partial charge in [-0.2, -0.15) is 5.10 Å². The number of aliphatic carboxylic acids is 1. The number of nitrogens with zero attached hydrogens (tertiary/aromatic N) is 2. The maximum absolute atomic E-state index is 11.5. The van der Waals surface area contributed by atoms with E-state index in [0.717, 1.165) is 25.7 Å². The second kappa shape index (κ2) is 6.15. The molecule has 0 unspecified atom stereocenters. The Labute approximate surface area is 123 Å². The zero-order valence-corrected chi connectivity index (χ0v) is 12.4. The predicted octanol–water partition coefficient (Wildman–Crippen LogP) is 1.13. The molecule has 1 heterocycles. The third kappa shape index (κ3) is 3.34. The van der Waals surface area contributed by atoms with E-state index < -0.39 is 11.9 Å². The molecule has 0 atom stereocenters. The lowest BCUT2D eigenvalue weighted by molar-refractivity contribution is -0.143. The average molecular weight is 294 g/mol. The Morgan fingerprint density at radius 2 is 2.00 bits per heavy atom. The molecule has 0 aromatic carbocycles. The Hall–Kier alpha value is -2.05. The van der Waals surface area contributed by atoms with E-state index in [1.807, 2.05) is 0 Å². The highest BCUT2D eigenvalue weighted by Gasteiger charge is 2.26. The van der Waals surface area contributed by atoms with Gasteiger partial charge in [0.05, 0.1) is 11.6 Å². The SMILES string of the molecule is Cc1nn(C)c(NCC2CCC(C(=O)O)CC2)c1C(N)=O. The summed E-state index contributed by atoms with van der Waals surface area (Å²) in [7, 11) is 1.77. The van der Waals surface area contributed by atoms with Crippen molar-refractivity contribution in [3.05, 3.63) is 11.3 Å². The van der Waals surface area contributed by atoms with Crippen molar-refractivity contribution >= 4 is 17.7 Å². The summed E-state index contributed by atoms with van der Waals surface area (Å²) < 4.78 is 1.62. The molecule has 7 heteroatoms. The number of nitrogens with one attached hydrogen (secondary N) is 1. The number of hydrogen-bond acceptors (Lipinski definition) is 4. The van der Waals surface area contributed by atoms with E-state index in [2.05, 4.69) is 10.4 Å². The molecule has 1 aromatic heterocycles. The van der Waals surface area contributed by atoms with E-state index in [1.54, 1.807) is 18.7 Å². The van der Waals surface area contributed by atoms with Gasteiger partial charge in [-0.05, 0) is 38.5 Å². The minimum Gasteiger partial charge on any atom is -0.481 e. The van der Waals surface area contributed by atoms with E-state index in [0.29, 0.717) is 29.5 Å². The second-order valence-electron chi connectivity index (χ2n) is 5.73. The lowest BCUT2D eigenvalue weighted by atomic mass is 9.82. The molecule has 1 saturated carbocycles. The van der Waals surface area contributed by atoms with Crippen molar-refractivity contribution in [3.63, 3.8) is 0 Å². The average Bonchev–Trinajstić information content (AvgIpc) is 2.71. The molecule has 1 aliphatic carbocycles. The number of carbonyl (C=O) groups excluding carboxylic acids is 1. The number of hydrogen-bond donors (Lipinski definition) is 3. The molecule has 1 aromatic rings. The number of amides is 1. The van der Waals surface area contributed by atoms with Crippen molar-refractivity contribution in [1.29, 1.82) is 0 Å². The number of aryl methyl sites for hydroxylation is 2. The summed E-state index contributed by atoms with van der Waals surface area (Å²) in [4.78, 5) is 22.4. The zero-order valence-electron chi connectivity index (χ0n) is 12.4. The van der Waals surface area contributed by atoms with E-state index in [4.69, 9.17) is 10.8 Å². The number of carboxylic acids is 1. The van der Waals surface area contributed by atoms with Gasteiger partial charge in [0, 0.05) is 13.6 Å². The number of primary amides is 1.